The van der Waals surface area contributed by atoms with Gasteiger partial charge in [-0.2, -0.15) is 0 Å². The van der Waals surface area contributed by atoms with Gasteiger partial charge in [0.15, 0.2) is 0 Å². The lowest BCUT2D eigenvalue weighted by Gasteiger charge is -2.33. The van der Waals surface area contributed by atoms with E-state index in [-0.39, 0.29) is 18.0 Å². The molecule has 1 aliphatic heterocycles. The zero-order valence-electron chi connectivity index (χ0n) is 13.8. The minimum Gasteiger partial charge on any atom is -0.335 e. The van der Waals surface area contributed by atoms with Crippen molar-refractivity contribution in [1.82, 2.24) is 4.90 Å². The molecule has 1 saturated carbocycles. The van der Waals surface area contributed by atoms with Crippen molar-refractivity contribution in [2.75, 3.05) is 6.54 Å². The molecule has 0 unspecified atom stereocenters. The number of hydrogen-bond donors (Lipinski definition) is 1. The first-order valence-electron chi connectivity index (χ1n) is 8.70. The number of carbonyl (C=O) groups excluding carboxylic acids is 1. The maximum atomic E-state index is 13.0. The van der Waals surface area contributed by atoms with Gasteiger partial charge in [-0.05, 0) is 62.6 Å². The van der Waals surface area contributed by atoms with Crippen molar-refractivity contribution in [2.45, 2.75) is 64.5 Å². The molecule has 1 amide bonds. The Morgan fingerprint density at radius 2 is 2.00 bits per heavy atom. The van der Waals surface area contributed by atoms with Gasteiger partial charge in [0.1, 0.15) is 0 Å². The average molecular weight is 300 g/mol. The van der Waals surface area contributed by atoms with E-state index < -0.39 is 0 Å². The number of benzene rings is 1. The Morgan fingerprint density at radius 3 is 2.77 bits per heavy atom. The summed E-state index contributed by atoms with van der Waals surface area (Å²) in [6.45, 7) is 5.24. The van der Waals surface area contributed by atoms with Crippen LogP contribution in [0.2, 0.25) is 0 Å². The third-order valence-electron chi connectivity index (χ3n) is 5.61. The fraction of sp³-hybridized carbons (Fsp3) is 0.632. The van der Waals surface area contributed by atoms with Gasteiger partial charge in [0.2, 0.25) is 5.91 Å². The van der Waals surface area contributed by atoms with Crippen molar-refractivity contribution in [3.63, 3.8) is 0 Å². The Bertz CT molecular complexity index is 554. The number of amides is 1. The first-order valence-corrected chi connectivity index (χ1v) is 8.70. The van der Waals surface area contributed by atoms with E-state index in [0.717, 1.165) is 45.1 Å². The SMILES string of the molecule is Cc1cccc([C@@H]2CCCN2C(=O)[C@H]2CCC[C@@H](N)C2)c1C. The minimum atomic E-state index is 0.148. The molecule has 1 saturated heterocycles. The number of likely N-dealkylation sites (tertiary alicyclic amines) is 1. The van der Waals surface area contributed by atoms with E-state index in [4.69, 9.17) is 5.73 Å². The maximum Gasteiger partial charge on any atom is 0.226 e. The monoisotopic (exact) mass is 300 g/mol. The lowest BCUT2D eigenvalue weighted by atomic mass is 9.85. The second kappa shape index (κ2) is 6.41. The van der Waals surface area contributed by atoms with Gasteiger partial charge in [-0.1, -0.05) is 24.6 Å². The van der Waals surface area contributed by atoms with Gasteiger partial charge in [-0.15, -0.1) is 0 Å². The fourth-order valence-corrected chi connectivity index (χ4v) is 4.18. The first kappa shape index (κ1) is 15.5. The Balaban J connectivity index is 1.81. The third-order valence-corrected chi connectivity index (χ3v) is 5.61. The lowest BCUT2D eigenvalue weighted by molar-refractivity contribution is -0.137. The molecule has 1 aliphatic carbocycles. The Morgan fingerprint density at radius 1 is 1.18 bits per heavy atom. The molecule has 0 radical (unpaired) electrons. The van der Waals surface area contributed by atoms with E-state index in [0.29, 0.717) is 5.91 Å². The number of aryl methyl sites for hydroxylation is 1. The number of carbonyl (C=O) groups is 1. The van der Waals surface area contributed by atoms with Crippen LogP contribution in [0, 0.1) is 19.8 Å². The second-order valence-electron chi connectivity index (χ2n) is 7.10. The van der Waals surface area contributed by atoms with Crippen LogP contribution >= 0.6 is 0 Å². The van der Waals surface area contributed by atoms with Gasteiger partial charge in [0.25, 0.3) is 0 Å². The normalized spacial score (nSPS) is 28.9. The van der Waals surface area contributed by atoms with Crippen LogP contribution in [0.15, 0.2) is 18.2 Å². The predicted molar refractivity (Wildman–Crippen MR) is 89.5 cm³/mol. The molecule has 0 aromatic heterocycles. The molecule has 2 aliphatic rings. The standard InChI is InChI=1S/C19H28N2O/c1-13-6-3-9-17(14(13)2)18-10-5-11-21(18)19(22)15-7-4-8-16(20)12-15/h3,6,9,15-16,18H,4-5,7-8,10-12,20H2,1-2H3/t15-,16+,18-/m0/s1. The molecule has 3 nitrogen and oxygen atoms in total. The average Bonchev–Trinajstić information content (AvgIpc) is 2.98. The topological polar surface area (TPSA) is 46.3 Å². The molecule has 2 N–H and O–H groups in total. The highest BCUT2D eigenvalue weighted by atomic mass is 16.2. The van der Waals surface area contributed by atoms with E-state index in [9.17, 15) is 4.79 Å². The summed E-state index contributed by atoms with van der Waals surface area (Å²) >= 11 is 0. The molecule has 1 aromatic rings. The van der Waals surface area contributed by atoms with Gasteiger partial charge in [-0.25, -0.2) is 0 Å². The predicted octanol–water partition coefficient (Wildman–Crippen LogP) is 3.48. The largest absolute Gasteiger partial charge is 0.335 e. The molecule has 3 heteroatoms. The number of rotatable bonds is 2. The van der Waals surface area contributed by atoms with Crippen LogP contribution in [-0.4, -0.2) is 23.4 Å². The smallest absolute Gasteiger partial charge is 0.226 e. The highest BCUT2D eigenvalue weighted by Gasteiger charge is 2.36. The second-order valence-corrected chi connectivity index (χ2v) is 7.10. The Labute approximate surface area is 133 Å². The van der Waals surface area contributed by atoms with E-state index in [1.165, 1.54) is 16.7 Å². The highest BCUT2D eigenvalue weighted by molar-refractivity contribution is 5.80. The Hall–Kier alpha value is -1.35. The van der Waals surface area contributed by atoms with Crippen LogP contribution in [0.25, 0.3) is 0 Å². The number of hydrogen-bond acceptors (Lipinski definition) is 2. The minimum absolute atomic E-state index is 0.148. The van der Waals surface area contributed by atoms with E-state index in [2.05, 4.69) is 36.9 Å². The maximum absolute atomic E-state index is 13.0. The molecule has 0 spiro atoms. The van der Waals surface area contributed by atoms with Crippen molar-refractivity contribution in [1.29, 1.82) is 0 Å². The third kappa shape index (κ3) is 2.91. The molecular formula is C19H28N2O. The summed E-state index contributed by atoms with van der Waals surface area (Å²) in [6.07, 6.45) is 6.26. The van der Waals surface area contributed by atoms with Crippen LogP contribution in [0.5, 0.6) is 0 Å². The van der Waals surface area contributed by atoms with Crippen LogP contribution in [0.1, 0.15) is 61.3 Å². The molecule has 3 rings (SSSR count). The van der Waals surface area contributed by atoms with Crippen LogP contribution in [0.4, 0.5) is 0 Å². The first-order chi connectivity index (χ1) is 10.6. The van der Waals surface area contributed by atoms with Gasteiger partial charge in [-0.3, -0.25) is 4.79 Å². The molecule has 22 heavy (non-hydrogen) atoms. The summed E-state index contributed by atoms with van der Waals surface area (Å²) in [5.74, 6) is 0.494. The molecule has 120 valence electrons. The number of nitrogens with zero attached hydrogens (tertiary/aromatic N) is 1. The van der Waals surface area contributed by atoms with Crippen molar-refractivity contribution in [3.8, 4) is 0 Å². The molecule has 0 bridgehead atoms. The van der Waals surface area contributed by atoms with Crippen molar-refractivity contribution in [2.24, 2.45) is 11.7 Å². The summed E-state index contributed by atoms with van der Waals surface area (Å²) in [6, 6.07) is 6.95. The Kier molecular flexibility index (Phi) is 4.53. The zero-order chi connectivity index (χ0) is 15.7. The summed E-state index contributed by atoms with van der Waals surface area (Å²) in [5, 5.41) is 0. The van der Waals surface area contributed by atoms with Crippen LogP contribution in [-0.2, 0) is 4.79 Å². The highest BCUT2D eigenvalue weighted by Crippen LogP contribution is 2.37. The van der Waals surface area contributed by atoms with Gasteiger partial charge < -0.3 is 10.6 Å². The molecular weight excluding hydrogens is 272 g/mol. The van der Waals surface area contributed by atoms with E-state index >= 15 is 0 Å². The van der Waals surface area contributed by atoms with Crippen molar-refractivity contribution >= 4 is 5.91 Å². The van der Waals surface area contributed by atoms with Crippen LogP contribution < -0.4 is 5.73 Å². The summed E-state index contributed by atoms with van der Waals surface area (Å²) in [7, 11) is 0. The summed E-state index contributed by atoms with van der Waals surface area (Å²) in [4.78, 5) is 15.1. The lowest BCUT2D eigenvalue weighted by Crippen LogP contribution is -2.40. The van der Waals surface area contributed by atoms with E-state index in [1.807, 2.05) is 0 Å². The van der Waals surface area contributed by atoms with Crippen molar-refractivity contribution < 1.29 is 4.79 Å². The van der Waals surface area contributed by atoms with Crippen LogP contribution in [0.3, 0.4) is 0 Å². The quantitative estimate of drug-likeness (QED) is 0.909. The van der Waals surface area contributed by atoms with Crippen molar-refractivity contribution in [3.05, 3.63) is 34.9 Å². The summed E-state index contributed by atoms with van der Waals surface area (Å²) in [5.41, 5.74) is 10.1. The van der Waals surface area contributed by atoms with Gasteiger partial charge in [0.05, 0.1) is 6.04 Å². The molecule has 1 heterocycles. The molecule has 2 fully saturated rings. The molecule has 3 atom stereocenters. The zero-order valence-corrected chi connectivity index (χ0v) is 13.8. The van der Waals surface area contributed by atoms with E-state index in [1.54, 1.807) is 0 Å². The fourth-order valence-electron chi connectivity index (χ4n) is 4.18. The number of nitrogens with two attached hydrogens (primary N) is 1. The van der Waals surface area contributed by atoms with Gasteiger partial charge in [0, 0.05) is 18.5 Å². The summed E-state index contributed by atoms with van der Waals surface area (Å²) < 4.78 is 0. The molecule has 1 aromatic carbocycles. The van der Waals surface area contributed by atoms with Gasteiger partial charge >= 0.3 is 0 Å².